The summed E-state index contributed by atoms with van der Waals surface area (Å²) in [5.74, 6) is -0.0704. The van der Waals surface area contributed by atoms with E-state index in [0.29, 0.717) is 12.1 Å². The molecule has 0 atom stereocenters. The van der Waals surface area contributed by atoms with E-state index >= 15 is 0 Å². The number of carbonyl (C=O) groups excluding carboxylic acids is 1. The summed E-state index contributed by atoms with van der Waals surface area (Å²) in [7, 11) is 0. The van der Waals surface area contributed by atoms with Gasteiger partial charge in [-0.05, 0) is 47.5 Å². The summed E-state index contributed by atoms with van der Waals surface area (Å²) in [6.45, 7) is 3.37. The first-order valence-electron chi connectivity index (χ1n) is 6.41. The van der Waals surface area contributed by atoms with Crippen molar-refractivity contribution in [3.8, 4) is 0 Å². The fraction of sp³-hybridized carbons (Fsp3) is 0.286. The van der Waals surface area contributed by atoms with Crippen molar-refractivity contribution in [2.45, 2.75) is 13.3 Å². The Morgan fingerprint density at radius 1 is 1.40 bits per heavy atom. The van der Waals surface area contributed by atoms with Gasteiger partial charge < -0.3 is 10.6 Å². The van der Waals surface area contributed by atoms with Crippen LogP contribution in [0.25, 0.3) is 0 Å². The molecule has 0 fully saturated rings. The number of nitrogens with one attached hydrogen (secondary N) is 2. The Bertz CT molecular complexity index is 585. The van der Waals surface area contributed by atoms with Crippen molar-refractivity contribution in [2.24, 2.45) is 0 Å². The minimum atomic E-state index is -0.0704. The molecule has 2 rings (SSSR count). The molecule has 2 N–H and O–H groups in total. The second-order valence-corrected chi connectivity index (χ2v) is 6.71. The molecule has 0 aliphatic rings. The van der Waals surface area contributed by atoms with E-state index in [1.807, 2.05) is 13.0 Å². The summed E-state index contributed by atoms with van der Waals surface area (Å²) in [4.78, 5) is 17.4. The van der Waals surface area contributed by atoms with Gasteiger partial charge in [0.2, 0.25) is 0 Å². The Balaban J connectivity index is 1.91. The maximum Gasteiger partial charge on any atom is 0.253 e. The minimum absolute atomic E-state index is 0.0704. The highest BCUT2D eigenvalue weighted by molar-refractivity contribution is 9.11. The number of aromatic nitrogens is 1. The van der Waals surface area contributed by atoms with Gasteiger partial charge in [0.05, 0.1) is 21.2 Å². The molecule has 0 aliphatic heterocycles. The van der Waals surface area contributed by atoms with Gasteiger partial charge in [-0.15, -0.1) is 11.3 Å². The lowest BCUT2D eigenvalue weighted by molar-refractivity contribution is 0.0955. The van der Waals surface area contributed by atoms with E-state index in [1.165, 1.54) is 4.88 Å². The van der Waals surface area contributed by atoms with Crippen LogP contribution in [0.4, 0.5) is 5.69 Å². The second kappa shape index (κ2) is 7.40. The van der Waals surface area contributed by atoms with Crippen molar-refractivity contribution < 1.29 is 4.79 Å². The summed E-state index contributed by atoms with van der Waals surface area (Å²) < 4.78 is 1.11. The number of carbonyl (C=O) groups is 1. The fourth-order valence-corrected chi connectivity index (χ4v) is 3.29. The highest BCUT2D eigenvalue weighted by Crippen LogP contribution is 2.22. The standard InChI is InChI=1S/C14H16BrN3OS/c1-2-17-12-9-16-7-6-11(12)14(19)18-8-5-10-3-4-13(15)20-10/h3-4,6-7,9,17H,2,5,8H2,1H3,(H,18,19). The van der Waals surface area contributed by atoms with Crippen LogP contribution in [0, 0.1) is 0 Å². The first-order chi connectivity index (χ1) is 9.70. The summed E-state index contributed by atoms with van der Waals surface area (Å²) in [6, 6.07) is 5.82. The van der Waals surface area contributed by atoms with Crippen LogP contribution in [-0.4, -0.2) is 24.0 Å². The van der Waals surface area contributed by atoms with Crippen molar-refractivity contribution in [1.29, 1.82) is 0 Å². The monoisotopic (exact) mass is 353 g/mol. The molecular weight excluding hydrogens is 338 g/mol. The van der Waals surface area contributed by atoms with E-state index in [-0.39, 0.29) is 5.91 Å². The van der Waals surface area contributed by atoms with Gasteiger partial charge in [0.15, 0.2) is 0 Å². The number of anilines is 1. The zero-order chi connectivity index (χ0) is 14.4. The molecule has 0 saturated carbocycles. The largest absolute Gasteiger partial charge is 0.383 e. The predicted octanol–water partition coefficient (Wildman–Crippen LogP) is 3.31. The zero-order valence-electron chi connectivity index (χ0n) is 11.1. The molecule has 0 aliphatic carbocycles. The molecule has 1 amide bonds. The summed E-state index contributed by atoms with van der Waals surface area (Å²) in [5, 5.41) is 6.08. The van der Waals surface area contributed by atoms with E-state index in [4.69, 9.17) is 0 Å². The van der Waals surface area contributed by atoms with Gasteiger partial charge in [0.25, 0.3) is 5.91 Å². The number of hydrogen-bond acceptors (Lipinski definition) is 4. The van der Waals surface area contributed by atoms with Crippen molar-refractivity contribution in [3.05, 3.63) is 44.8 Å². The highest BCUT2D eigenvalue weighted by atomic mass is 79.9. The number of thiophene rings is 1. The molecule has 0 unspecified atom stereocenters. The maximum atomic E-state index is 12.2. The molecule has 0 aromatic carbocycles. The summed E-state index contributed by atoms with van der Waals surface area (Å²) in [5.41, 5.74) is 1.40. The van der Waals surface area contributed by atoms with Gasteiger partial charge in [-0.1, -0.05) is 0 Å². The van der Waals surface area contributed by atoms with Crippen LogP contribution < -0.4 is 10.6 Å². The molecule has 0 spiro atoms. The highest BCUT2D eigenvalue weighted by Gasteiger charge is 2.10. The van der Waals surface area contributed by atoms with Crippen LogP contribution in [-0.2, 0) is 6.42 Å². The molecule has 2 aromatic heterocycles. The maximum absolute atomic E-state index is 12.2. The predicted molar refractivity (Wildman–Crippen MR) is 86.5 cm³/mol. The van der Waals surface area contributed by atoms with Crippen LogP contribution >= 0.6 is 27.3 Å². The Labute approximate surface area is 130 Å². The molecule has 2 heterocycles. The fourth-order valence-electron chi connectivity index (χ4n) is 1.80. The number of hydrogen-bond donors (Lipinski definition) is 2. The van der Waals surface area contributed by atoms with Crippen LogP contribution in [0.2, 0.25) is 0 Å². The van der Waals surface area contributed by atoms with Gasteiger partial charge in [-0.2, -0.15) is 0 Å². The average Bonchev–Trinajstić information content (AvgIpc) is 2.85. The number of nitrogens with zero attached hydrogens (tertiary/aromatic N) is 1. The molecular formula is C14H16BrN3OS. The first kappa shape index (κ1) is 15.0. The van der Waals surface area contributed by atoms with E-state index in [1.54, 1.807) is 29.8 Å². The van der Waals surface area contributed by atoms with E-state index in [0.717, 1.165) is 22.4 Å². The van der Waals surface area contributed by atoms with E-state index < -0.39 is 0 Å². The van der Waals surface area contributed by atoms with Crippen LogP contribution in [0.5, 0.6) is 0 Å². The third kappa shape index (κ3) is 4.05. The second-order valence-electron chi connectivity index (χ2n) is 4.16. The molecule has 4 nitrogen and oxygen atoms in total. The van der Waals surface area contributed by atoms with Crippen LogP contribution in [0.3, 0.4) is 0 Å². The van der Waals surface area contributed by atoms with Crippen molar-refractivity contribution in [3.63, 3.8) is 0 Å². The molecule has 6 heteroatoms. The lowest BCUT2D eigenvalue weighted by atomic mass is 10.2. The Morgan fingerprint density at radius 2 is 2.25 bits per heavy atom. The van der Waals surface area contributed by atoms with E-state index in [2.05, 4.69) is 37.6 Å². The average molecular weight is 354 g/mol. The topological polar surface area (TPSA) is 54.0 Å². The SMILES string of the molecule is CCNc1cnccc1C(=O)NCCc1ccc(Br)s1. The quantitative estimate of drug-likeness (QED) is 0.837. The number of halogens is 1. The Morgan fingerprint density at radius 3 is 2.95 bits per heavy atom. The lowest BCUT2D eigenvalue weighted by Gasteiger charge is -2.10. The molecule has 2 aromatic rings. The number of rotatable bonds is 6. The van der Waals surface area contributed by atoms with Crippen molar-refractivity contribution >= 4 is 38.9 Å². The Hall–Kier alpha value is -1.40. The smallest absolute Gasteiger partial charge is 0.253 e. The minimum Gasteiger partial charge on any atom is -0.383 e. The van der Waals surface area contributed by atoms with Gasteiger partial charge >= 0.3 is 0 Å². The van der Waals surface area contributed by atoms with Crippen LogP contribution in [0.15, 0.2) is 34.4 Å². The van der Waals surface area contributed by atoms with Crippen molar-refractivity contribution in [1.82, 2.24) is 10.3 Å². The van der Waals surface area contributed by atoms with E-state index in [9.17, 15) is 4.79 Å². The molecule has 0 radical (unpaired) electrons. The number of amides is 1. The summed E-state index contributed by atoms with van der Waals surface area (Å²) in [6.07, 6.45) is 4.14. The van der Waals surface area contributed by atoms with Gasteiger partial charge in [-0.3, -0.25) is 9.78 Å². The molecule has 20 heavy (non-hydrogen) atoms. The Kier molecular flexibility index (Phi) is 5.55. The zero-order valence-corrected chi connectivity index (χ0v) is 13.6. The summed E-state index contributed by atoms with van der Waals surface area (Å²) >= 11 is 5.12. The first-order valence-corrected chi connectivity index (χ1v) is 8.02. The number of pyridine rings is 1. The van der Waals surface area contributed by atoms with Gasteiger partial charge in [0, 0.05) is 24.2 Å². The lowest BCUT2D eigenvalue weighted by Crippen LogP contribution is -2.26. The normalized spacial score (nSPS) is 10.3. The van der Waals surface area contributed by atoms with Gasteiger partial charge in [0.1, 0.15) is 0 Å². The third-order valence-electron chi connectivity index (χ3n) is 2.72. The third-order valence-corrected chi connectivity index (χ3v) is 4.40. The van der Waals surface area contributed by atoms with Crippen molar-refractivity contribution in [2.75, 3.05) is 18.4 Å². The molecule has 0 bridgehead atoms. The van der Waals surface area contributed by atoms with Gasteiger partial charge in [-0.25, -0.2) is 0 Å². The van der Waals surface area contributed by atoms with Crippen LogP contribution in [0.1, 0.15) is 22.2 Å². The molecule has 106 valence electrons. The molecule has 0 saturated heterocycles.